The highest BCUT2D eigenvalue weighted by Gasteiger charge is 2.22. The molecule has 0 spiro atoms. The Morgan fingerprint density at radius 3 is 1.59 bits per heavy atom. The number of benzene rings is 2. The van der Waals surface area contributed by atoms with Gasteiger partial charge in [-0.2, -0.15) is 0 Å². The number of aromatic nitrogens is 2. The molecule has 0 saturated carbocycles. The van der Waals surface area contributed by atoms with Crippen molar-refractivity contribution in [3.05, 3.63) is 75.4 Å². The van der Waals surface area contributed by atoms with Gasteiger partial charge in [0.1, 0.15) is 23.6 Å². The molecule has 2 aromatic carbocycles. The van der Waals surface area contributed by atoms with Crippen LogP contribution < -0.4 is 22.2 Å². The number of aryl methyl sites for hydroxylation is 2. The average Bonchev–Trinajstić information content (AvgIpc) is 3.01. The lowest BCUT2D eigenvalue weighted by Gasteiger charge is -2.12. The van der Waals surface area contributed by atoms with Crippen LogP contribution in [0.3, 0.4) is 0 Å². The van der Waals surface area contributed by atoms with Crippen LogP contribution in [0.5, 0.6) is 11.5 Å². The zero-order valence-electron chi connectivity index (χ0n) is 24.6. The van der Waals surface area contributed by atoms with Crippen molar-refractivity contribution in [3.63, 3.8) is 0 Å². The number of carbonyl (C=O) groups excluding carboxylic acids is 3. The quantitative estimate of drug-likeness (QED) is 0.143. The lowest BCUT2D eigenvalue weighted by Crippen LogP contribution is -2.35. The van der Waals surface area contributed by atoms with Gasteiger partial charge in [-0.05, 0) is 81.6 Å². The highest BCUT2D eigenvalue weighted by molar-refractivity contribution is 14.1. The van der Waals surface area contributed by atoms with Crippen LogP contribution >= 0.6 is 57.6 Å². The summed E-state index contributed by atoms with van der Waals surface area (Å²) in [6.07, 6.45) is 0. The van der Waals surface area contributed by atoms with Crippen LogP contribution in [0.4, 0.5) is 0 Å². The number of nitrogens with two attached hydrogens (primary N) is 1. The van der Waals surface area contributed by atoms with E-state index < -0.39 is 51.6 Å². The molecule has 2 aromatic heterocycles. The van der Waals surface area contributed by atoms with Crippen LogP contribution in [0.2, 0.25) is 0 Å². The topological polar surface area (TPSA) is 229 Å². The molecule has 4 rings (SSSR count). The summed E-state index contributed by atoms with van der Waals surface area (Å²) >= 11 is 4.11. The van der Waals surface area contributed by atoms with Crippen molar-refractivity contribution in [3.8, 4) is 11.5 Å². The summed E-state index contributed by atoms with van der Waals surface area (Å²) in [7, 11) is 5.47. The SMILES string of the molecule is COC(=O)CN.COC(=O)CNC(=O)c1c(O)c2cc(I)ccc2n(C)c1=O.Cl.Cn1c(=O)c(C(=O)O)c(O)c2cc(I)ccc21. The number of halogens is 3. The first-order valence-corrected chi connectivity index (χ1v) is 14.6. The van der Waals surface area contributed by atoms with Crippen molar-refractivity contribution in [1.29, 1.82) is 0 Å². The highest BCUT2D eigenvalue weighted by Crippen LogP contribution is 2.28. The molecule has 0 aliphatic carbocycles. The van der Waals surface area contributed by atoms with Gasteiger partial charge in [0.15, 0.2) is 5.56 Å². The first-order valence-electron chi connectivity index (χ1n) is 12.5. The number of rotatable bonds is 5. The molecule has 248 valence electrons. The number of pyridine rings is 2. The van der Waals surface area contributed by atoms with Crippen molar-refractivity contribution in [2.75, 3.05) is 27.3 Å². The predicted molar refractivity (Wildman–Crippen MR) is 187 cm³/mol. The van der Waals surface area contributed by atoms with Gasteiger partial charge in [-0.1, -0.05) is 0 Å². The first kappa shape index (κ1) is 40.1. The fourth-order valence-corrected chi connectivity index (χ4v) is 4.78. The third kappa shape index (κ3) is 9.30. The van der Waals surface area contributed by atoms with E-state index in [2.05, 4.69) is 37.4 Å². The number of ether oxygens (including phenoxy) is 2. The fraction of sp³-hybridized carbons (Fsp3) is 0.214. The smallest absolute Gasteiger partial charge is 0.345 e. The number of hydrogen-bond donors (Lipinski definition) is 5. The molecule has 0 atom stereocenters. The Morgan fingerprint density at radius 1 is 0.804 bits per heavy atom. The maximum atomic E-state index is 12.3. The van der Waals surface area contributed by atoms with Gasteiger partial charge in [-0.3, -0.25) is 24.0 Å². The van der Waals surface area contributed by atoms with E-state index in [1.165, 1.54) is 37.4 Å². The zero-order chi connectivity index (χ0) is 34.2. The molecule has 0 fully saturated rings. The summed E-state index contributed by atoms with van der Waals surface area (Å²) in [6, 6.07) is 10.2. The van der Waals surface area contributed by atoms with Gasteiger partial charge in [-0.15, -0.1) is 12.4 Å². The van der Waals surface area contributed by atoms with Crippen LogP contribution in [0.1, 0.15) is 20.7 Å². The molecule has 18 heteroatoms. The van der Waals surface area contributed by atoms with E-state index in [1.807, 2.05) is 22.6 Å². The number of aromatic hydroxyl groups is 2. The molecule has 0 saturated heterocycles. The summed E-state index contributed by atoms with van der Waals surface area (Å²) in [5.41, 5.74) is 3.45. The number of hydrogen-bond acceptors (Lipinski definition) is 11. The van der Waals surface area contributed by atoms with E-state index in [0.29, 0.717) is 21.8 Å². The number of nitrogens with one attached hydrogen (secondary N) is 1. The Balaban J connectivity index is 0.000000392. The number of aromatic carboxylic acids is 1. The number of amides is 1. The Kier molecular flexibility index (Phi) is 15.4. The lowest BCUT2D eigenvalue weighted by molar-refractivity contribution is -0.140. The standard InChI is InChI=1S/C14H13IN2O5.C11H8INO4.C3H7NO2.ClH/c1-17-9-4-3-7(15)5-8(9)12(19)11(14(17)21)13(20)16-6-10(18)22-2;1-13-7-3-2-5(12)4-6(7)9(14)8(10(13)15)11(16)17;1-6-3(5)2-4;/h3-5,19H,6H2,1-2H3,(H,16,20);2-4,14H,1H3,(H,16,17);2,4H2,1H3;1H. The Bertz CT molecular complexity index is 1920. The maximum Gasteiger partial charge on any atom is 0.345 e. The van der Waals surface area contributed by atoms with Gasteiger partial charge in [-0.25, -0.2) is 4.79 Å². The van der Waals surface area contributed by atoms with Crippen molar-refractivity contribution >= 4 is 103 Å². The number of carboxylic acids is 1. The third-order valence-electron chi connectivity index (χ3n) is 6.12. The molecule has 6 N–H and O–H groups in total. The number of carboxylic acid groups (broad SMARTS) is 1. The largest absolute Gasteiger partial charge is 0.506 e. The molecular weight excluding hydrogens is 858 g/mol. The van der Waals surface area contributed by atoms with Gasteiger partial charge < -0.3 is 45.0 Å². The summed E-state index contributed by atoms with van der Waals surface area (Å²) in [5.74, 6) is -4.17. The monoisotopic (exact) mass is 886 g/mol. The van der Waals surface area contributed by atoms with E-state index in [-0.39, 0.29) is 31.5 Å². The summed E-state index contributed by atoms with van der Waals surface area (Å²) < 4.78 is 12.7. The number of fused-ring (bicyclic) bond motifs is 2. The molecule has 4 aromatic rings. The third-order valence-corrected chi connectivity index (χ3v) is 7.46. The fourth-order valence-electron chi connectivity index (χ4n) is 3.80. The number of esters is 2. The minimum Gasteiger partial charge on any atom is -0.506 e. The van der Waals surface area contributed by atoms with Crippen LogP contribution in [0.15, 0.2) is 46.0 Å². The van der Waals surface area contributed by atoms with Crippen LogP contribution in [-0.2, 0) is 33.2 Å². The second-order valence-electron chi connectivity index (χ2n) is 8.84. The Morgan fingerprint density at radius 2 is 1.22 bits per heavy atom. The van der Waals surface area contributed by atoms with Gasteiger partial charge in [0.05, 0.1) is 31.8 Å². The molecule has 46 heavy (non-hydrogen) atoms. The van der Waals surface area contributed by atoms with Gasteiger partial charge in [0, 0.05) is 32.0 Å². The molecule has 15 nitrogen and oxygen atoms in total. The van der Waals surface area contributed by atoms with E-state index in [0.717, 1.165) is 7.14 Å². The Labute approximate surface area is 294 Å². The van der Waals surface area contributed by atoms with E-state index >= 15 is 0 Å². The normalized spacial score (nSPS) is 9.98. The maximum absolute atomic E-state index is 12.3. The second-order valence-corrected chi connectivity index (χ2v) is 11.3. The van der Waals surface area contributed by atoms with Gasteiger partial charge in [0.2, 0.25) is 0 Å². The minimum atomic E-state index is -1.43. The summed E-state index contributed by atoms with van der Waals surface area (Å²) in [6.45, 7) is -0.418. The summed E-state index contributed by atoms with van der Waals surface area (Å²) in [4.78, 5) is 68.0. The average molecular weight is 887 g/mol. The molecule has 0 bridgehead atoms. The molecule has 2 heterocycles. The molecule has 0 unspecified atom stereocenters. The molecular formula is C28H29ClI2N4O11. The molecule has 0 radical (unpaired) electrons. The van der Waals surface area contributed by atoms with E-state index in [1.54, 1.807) is 36.4 Å². The first-order chi connectivity index (χ1) is 21.1. The lowest BCUT2D eigenvalue weighted by atomic mass is 10.1. The highest BCUT2D eigenvalue weighted by atomic mass is 127. The van der Waals surface area contributed by atoms with Crippen molar-refractivity contribution in [1.82, 2.24) is 14.5 Å². The van der Waals surface area contributed by atoms with E-state index in [4.69, 9.17) is 10.8 Å². The van der Waals surface area contributed by atoms with Crippen molar-refractivity contribution in [2.45, 2.75) is 0 Å². The molecule has 0 aliphatic heterocycles. The second kappa shape index (κ2) is 17.7. The summed E-state index contributed by atoms with van der Waals surface area (Å²) in [5, 5.41) is 32.0. The number of carbonyl (C=O) groups is 4. The zero-order valence-corrected chi connectivity index (χ0v) is 29.8. The predicted octanol–water partition coefficient (Wildman–Crippen LogP) is 1.84. The van der Waals surface area contributed by atoms with Crippen LogP contribution in [0, 0.1) is 7.14 Å². The molecule has 1 amide bonds. The minimum absolute atomic E-state index is 0. The van der Waals surface area contributed by atoms with Crippen molar-refractivity contribution in [2.24, 2.45) is 19.8 Å². The van der Waals surface area contributed by atoms with Gasteiger partial charge >= 0.3 is 17.9 Å². The Hall–Kier alpha value is -3.95. The number of nitrogens with zero attached hydrogens (tertiary/aromatic N) is 2. The van der Waals surface area contributed by atoms with Crippen molar-refractivity contribution < 1.29 is 44.0 Å². The number of methoxy groups -OCH3 is 2. The molecule has 0 aliphatic rings. The van der Waals surface area contributed by atoms with Gasteiger partial charge in [0.25, 0.3) is 17.0 Å². The van der Waals surface area contributed by atoms with Crippen LogP contribution in [-0.4, -0.2) is 75.6 Å². The van der Waals surface area contributed by atoms with Crippen LogP contribution in [0.25, 0.3) is 21.8 Å². The van der Waals surface area contributed by atoms with E-state index in [9.17, 15) is 39.0 Å².